The monoisotopic (exact) mass is 193 g/mol. The van der Waals surface area contributed by atoms with E-state index in [4.69, 9.17) is 0 Å². The fraction of sp³-hybridized carbons (Fsp3) is 0.333. The first-order valence-corrected chi connectivity index (χ1v) is 4.80. The van der Waals surface area contributed by atoms with E-state index in [2.05, 4.69) is 11.9 Å². The van der Waals surface area contributed by atoms with Crippen molar-refractivity contribution in [2.24, 2.45) is 0 Å². The largest absolute Gasteiger partial charge is 0.313 e. The maximum absolute atomic E-state index is 13.0. The van der Waals surface area contributed by atoms with E-state index in [1.807, 2.05) is 13.0 Å². The molecule has 0 amide bonds. The number of halogens is 1. The summed E-state index contributed by atoms with van der Waals surface area (Å²) in [5, 5.41) is 3.19. The van der Waals surface area contributed by atoms with E-state index >= 15 is 0 Å². The lowest BCUT2D eigenvalue weighted by Crippen LogP contribution is -2.15. The van der Waals surface area contributed by atoms with Crippen LogP contribution in [0.1, 0.15) is 18.1 Å². The molecule has 0 aliphatic carbocycles. The van der Waals surface area contributed by atoms with Gasteiger partial charge in [-0.25, -0.2) is 4.39 Å². The van der Waals surface area contributed by atoms with Crippen molar-refractivity contribution in [3.05, 3.63) is 41.7 Å². The molecule has 0 heterocycles. The third kappa shape index (κ3) is 2.67. The molecular formula is C12H16FN. The normalized spacial score (nSPS) is 10.2. The smallest absolute Gasteiger partial charge is 0.126 e. The predicted octanol–water partition coefficient (Wildman–Crippen LogP) is 2.76. The Kier molecular flexibility index (Phi) is 3.84. The summed E-state index contributed by atoms with van der Waals surface area (Å²) in [4.78, 5) is 0. The Morgan fingerprint density at radius 2 is 2.21 bits per heavy atom. The summed E-state index contributed by atoms with van der Waals surface area (Å²) >= 11 is 0. The first-order valence-electron chi connectivity index (χ1n) is 4.80. The minimum absolute atomic E-state index is 0.162. The van der Waals surface area contributed by atoms with Crippen LogP contribution in [0.3, 0.4) is 0 Å². The lowest BCUT2D eigenvalue weighted by Gasteiger charge is -2.07. The molecule has 1 aromatic carbocycles. The Balaban J connectivity index is 2.76. The van der Waals surface area contributed by atoms with Crippen LogP contribution in [0.25, 0.3) is 5.57 Å². The van der Waals surface area contributed by atoms with Crippen LogP contribution in [0.4, 0.5) is 4.39 Å². The number of hydrogen-bond donors (Lipinski definition) is 1. The number of benzene rings is 1. The first kappa shape index (κ1) is 10.9. The highest BCUT2D eigenvalue weighted by molar-refractivity contribution is 5.65. The van der Waals surface area contributed by atoms with Gasteiger partial charge in [0.1, 0.15) is 5.82 Å². The van der Waals surface area contributed by atoms with Gasteiger partial charge >= 0.3 is 0 Å². The van der Waals surface area contributed by atoms with Crippen LogP contribution in [0, 0.1) is 12.7 Å². The van der Waals surface area contributed by atoms with Crippen LogP contribution in [-0.4, -0.2) is 13.1 Å². The second kappa shape index (κ2) is 4.91. The van der Waals surface area contributed by atoms with Crippen molar-refractivity contribution >= 4 is 5.57 Å². The lowest BCUT2D eigenvalue weighted by molar-refractivity contribution is 0.618. The van der Waals surface area contributed by atoms with Crippen molar-refractivity contribution in [2.75, 3.05) is 13.1 Å². The van der Waals surface area contributed by atoms with Gasteiger partial charge in [-0.1, -0.05) is 19.6 Å². The summed E-state index contributed by atoms with van der Waals surface area (Å²) < 4.78 is 13.0. The minimum atomic E-state index is -0.162. The Morgan fingerprint density at radius 1 is 1.50 bits per heavy atom. The Bertz CT molecular complexity index is 331. The molecule has 0 saturated heterocycles. The highest BCUT2D eigenvalue weighted by Crippen LogP contribution is 2.15. The van der Waals surface area contributed by atoms with E-state index in [1.54, 1.807) is 13.0 Å². The maximum atomic E-state index is 13.0. The lowest BCUT2D eigenvalue weighted by atomic mass is 10.0. The van der Waals surface area contributed by atoms with E-state index in [0.717, 1.165) is 24.2 Å². The van der Waals surface area contributed by atoms with Crippen LogP contribution in [-0.2, 0) is 0 Å². The van der Waals surface area contributed by atoms with Gasteiger partial charge in [0.2, 0.25) is 0 Å². The summed E-state index contributed by atoms with van der Waals surface area (Å²) in [5.74, 6) is -0.162. The molecule has 0 fully saturated rings. The SMILES string of the molecule is C=C(CNCC)c1ccc(F)c(C)c1. The Labute approximate surface area is 84.6 Å². The van der Waals surface area contributed by atoms with Crippen LogP contribution in [0.2, 0.25) is 0 Å². The zero-order valence-electron chi connectivity index (χ0n) is 8.73. The van der Waals surface area contributed by atoms with E-state index < -0.39 is 0 Å². The third-order valence-corrected chi connectivity index (χ3v) is 2.15. The number of nitrogens with one attached hydrogen (secondary N) is 1. The summed E-state index contributed by atoms with van der Waals surface area (Å²) in [6.45, 7) is 9.42. The first-order chi connectivity index (χ1) is 6.65. The minimum Gasteiger partial charge on any atom is -0.313 e. The van der Waals surface area contributed by atoms with E-state index in [1.165, 1.54) is 6.07 Å². The average Bonchev–Trinajstić information content (AvgIpc) is 2.18. The summed E-state index contributed by atoms with van der Waals surface area (Å²) in [7, 11) is 0. The molecule has 0 atom stereocenters. The molecule has 2 heteroatoms. The van der Waals surface area contributed by atoms with E-state index in [-0.39, 0.29) is 5.82 Å². The molecule has 0 unspecified atom stereocenters. The maximum Gasteiger partial charge on any atom is 0.126 e. The average molecular weight is 193 g/mol. The van der Waals surface area contributed by atoms with E-state index in [9.17, 15) is 4.39 Å². The van der Waals surface area contributed by atoms with Gasteiger partial charge in [0.05, 0.1) is 0 Å². The van der Waals surface area contributed by atoms with Crippen molar-refractivity contribution in [2.45, 2.75) is 13.8 Å². The molecule has 1 aromatic rings. The van der Waals surface area contributed by atoms with Crippen molar-refractivity contribution in [1.29, 1.82) is 0 Å². The molecule has 0 bridgehead atoms. The second-order valence-electron chi connectivity index (χ2n) is 3.35. The highest BCUT2D eigenvalue weighted by atomic mass is 19.1. The predicted molar refractivity (Wildman–Crippen MR) is 58.7 cm³/mol. The summed E-state index contributed by atoms with van der Waals surface area (Å²) in [6.07, 6.45) is 0. The molecule has 76 valence electrons. The molecule has 0 aliphatic rings. The standard InChI is InChI=1S/C12H16FN/c1-4-14-8-10(3)11-5-6-12(13)9(2)7-11/h5-7,14H,3-4,8H2,1-2H3. The number of hydrogen-bond acceptors (Lipinski definition) is 1. The molecule has 0 radical (unpaired) electrons. The molecule has 1 rings (SSSR count). The highest BCUT2D eigenvalue weighted by Gasteiger charge is 2.01. The number of likely N-dealkylation sites (N-methyl/N-ethyl adjacent to an activating group) is 1. The number of aryl methyl sites for hydroxylation is 1. The molecule has 0 spiro atoms. The van der Waals surface area contributed by atoms with Crippen molar-refractivity contribution in [3.63, 3.8) is 0 Å². The molecule has 1 nitrogen and oxygen atoms in total. The second-order valence-corrected chi connectivity index (χ2v) is 3.35. The molecule has 1 N–H and O–H groups in total. The molecule has 14 heavy (non-hydrogen) atoms. The van der Waals surface area contributed by atoms with Crippen LogP contribution < -0.4 is 5.32 Å². The summed E-state index contributed by atoms with van der Waals surface area (Å²) in [6, 6.07) is 5.08. The molecular weight excluding hydrogens is 177 g/mol. The zero-order valence-corrected chi connectivity index (χ0v) is 8.73. The zero-order chi connectivity index (χ0) is 10.6. The van der Waals surface area contributed by atoms with Crippen LogP contribution in [0.15, 0.2) is 24.8 Å². The fourth-order valence-electron chi connectivity index (χ4n) is 1.24. The van der Waals surface area contributed by atoms with Gasteiger partial charge in [-0.3, -0.25) is 0 Å². The van der Waals surface area contributed by atoms with Crippen molar-refractivity contribution in [1.82, 2.24) is 5.32 Å². The quantitative estimate of drug-likeness (QED) is 0.775. The van der Waals surface area contributed by atoms with E-state index in [0.29, 0.717) is 5.56 Å². The van der Waals surface area contributed by atoms with Gasteiger partial charge in [0.15, 0.2) is 0 Å². The molecule has 0 saturated carbocycles. The van der Waals surface area contributed by atoms with Gasteiger partial charge in [-0.15, -0.1) is 0 Å². The van der Waals surface area contributed by atoms with Crippen molar-refractivity contribution < 1.29 is 4.39 Å². The topological polar surface area (TPSA) is 12.0 Å². The van der Waals surface area contributed by atoms with Crippen molar-refractivity contribution in [3.8, 4) is 0 Å². The Morgan fingerprint density at radius 3 is 2.79 bits per heavy atom. The summed E-state index contributed by atoms with van der Waals surface area (Å²) in [5.41, 5.74) is 2.67. The third-order valence-electron chi connectivity index (χ3n) is 2.15. The number of rotatable bonds is 4. The van der Waals surface area contributed by atoms with Crippen LogP contribution in [0.5, 0.6) is 0 Å². The van der Waals surface area contributed by atoms with Crippen LogP contribution >= 0.6 is 0 Å². The Hall–Kier alpha value is -1.15. The molecule has 0 aromatic heterocycles. The van der Waals surface area contributed by atoms with Gasteiger partial charge in [-0.2, -0.15) is 0 Å². The van der Waals surface area contributed by atoms with Gasteiger partial charge in [0, 0.05) is 6.54 Å². The van der Waals surface area contributed by atoms with Gasteiger partial charge in [-0.05, 0) is 42.3 Å². The molecule has 0 aliphatic heterocycles. The van der Waals surface area contributed by atoms with Gasteiger partial charge in [0.25, 0.3) is 0 Å². The van der Waals surface area contributed by atoms with Gasteiger partial charge < -0.3 is 5.32 Å². The fourth-order valence-corrected chi connectivity index (χ4v) is 1.24.